The molecule has 1 aromatic carbocycles. The topological polar surface area (TPSA) is 95.6 Å². The number of nitrogens with one attached hydrogen (secondary N) is 2. The predicted octanol–water partition coefficient (Wildman–Crippen LogP) is 3.18. The van der Waals surface area contributed by atoms with E-state index in [1.807, 2.05) is 12.3 Å². The summed E-state index contributed by atoms with van der Waals surface area (Å²) in [5, 5.41) is 6.84. The Kier molecular flexibility index (Phi) is 10.2. The summed E-state index contributed by atoms with van der Waals surface area (Å²) in [7, 11) is 1.78. The minimum absolute atomic E-state index is 0. The van der Waals surface area contributed by atoms with Gasteiger partial charge >= 0.3 is 0 Å². The van der Waals surface area contributed by atoms with E-state index in [-0.39, 0.29) is 35.8 Å². The van der Waals surface area contributed by atoms with Gasteiger partial charge in [-0.3, -0.25) is 9.79 Å². The number of piperidine rings is 1. The molecule has 7 nitrogen and oxygen atoms in total. The summed E-state index contributed by atoms with van der Waals surface area (Å²) in [6, 6.07) is 12.6. The largest absolute Gasteiger partial charge is 0.369 e. The van der Waals surface area contributed by atoms with Gasteiger partial charge in [-0.2, -0.15) is 0 Å². The first-order chi connectivity index (χ1) is 15.0. The van der Waals surface area contributed by atoms with Gasteiger partial charge in [0, 0.05) is 50.9 Å². The van der Waals surface area contributed by atoms with E-state index >= 15 is 0 Å². The van der Waals surface area contributed by atoms with Crippen LogP contribution >= 0.6 is 24.0 Å². The molecule has 8 heteroatoms. The van der Waals surface area contributed by atoms with Crippen LogP contribution in [0.2, 0.25) is 0 Å². The highest BCUT2D eigenvalue weighted by Gasteiger charge is 2.25. The molecule has 1 aromatic heterocycles. The number of rotatable bonds is 7. The number of anilines is 1. The van der Waals surface area contributed by atoms with E-state index in [2.05, 4.69) is 69.7 Å². The molecule has 0 spiro atoms. The number of primary amides is 1. The van der Waals surface area contributed by atoms with E-state index in [0.29, 0.717) is 12.5 Å². The molecule has 1 aliphatic rings. The van der Waals surface area contributed by atoms with Crippen LogP contribution < -0.4 is 21.3 Å². The number of aryl methyl sites for hydroxylation is 1. The maximum atomic E-state index is 11.4. The number of hydrogen-bond donors (Lipinski definition) is 3. The molecule has 3 rings (SSSR count). The zero-order chi connectivity index (χ0) is 22.2. The number of carbonyl (C=O) groups is 1. The van der Waals surface area contributed by atoms with Crippen molar-refractivity contribution in [3.8, 4) is 0 Å². The van der Waals surface area contributed by atoms with Gasteiger partial charge in [0.05, 0.1) is 0 Å². The highest BCUT2D eigenvalue weighted by molar-refractivity contribution is 14.0. The number of nitrogens with zero attached hydrogens (tertiary/aromatic N) is 3. The summed E-state index contributed by atoms with van der Waals surface area (Å²) < 4.78 is 0. The van der Waals surface area contributed by atoms with Crippen molar-refractivity contribution < 1.29 is 4.79 Å². The molecule has 0 aliphatic carbocycles. The van der Waals surface area contributed by atoms with Crippen LogP contribution in [0.3, 0.4) is 0 Å². The Hall–Kier alpha value is -2.36. The van der Waals surface area contributed by atoms with Gasteiger partial charge in [0.25, 0.3) is 0 Å². The van der Waals surface area contributed by atoms with Gasteiger partial charge in [0.1, 0.15) is 5.82 Å². The molecule has 1 amide bonds. The number of pyridine rings is 1. The van der Waals surface area contributed by atoms with E-state index in [9.17, 15) is 4.79 Å². The quantitative estimate of drug-likeness (QED) is 0.280. The minimum Gasteiger partial charge on any atom is -0.369 e. The van der Waals surface area contributed by atoms with Crippen LogP contribution in [0.1, 0.15) is 42.4 Å². The van der Waals surface area contributed by atoms with Crippen molar-refractivity contribution in [2.24, 2.45) is 16.6 Å². The lowest BCUT2D eigenvalue weighted by atomic mass is 9.96. The standard InChI is InChI=1S/C24H34N6O.HI/c1-17-6-4-7-20(14-17)18(2)15-28-24(26-3)29-16-21-8-5-11-27-23(21)30-12-9-19(10-13-30)22(25)31;/h4-8,11,14,18-19H,9-10,12-13,15-16H2,1-3H3,(H2,25,31)(H2,26,28,29);1H. The van der Waals surface area contributed by atoms with E-state index in [1.54, 1.807) is 7.05 Å². The lowest BCUT2D eigenvalue weighted by Crippen LogP contribution is -2.41. The number of benzene rings is 1. The molecule has 0 bridgehead atoms. The molecule has 0 saturated carbocycles. The maximum Gasteiger partial charge on any atom is 0.220 e. The molecule has 1 aliphatic heterocycles. The Morgan fingerprint density at radius 2 is 2.00 bits per heavy atom. The van der Waals surface area contributed by atoms with Crippen molar-refractivity contribution >= 4 is 41.7 Å². The van der Waals surface area contributed by atoms with Crippen molar-refractivity contribution in [2.75, 3.05) is 31.6 Å². The highest BCUT2D eigenvalue weighted by Crippen LogP contribution is 2.24. The van der Waals surface area contributed by atoms with E-state index in [4.69, 9.17) is 5.73 Å². The van der Waals surface area contributed by atoms with Crippen LogP contribution in [0.15, 0.2) is 47.6 Å². The number of carbonyl (C=O) groups excluding carboxylic acids is 1. The predicted molar refractivity (Wildman–Crippen MR) is 142 cm³/mol. The fourth-order valence-electron chi connectivity index (χ4n) is 3.97. The second-order valence-corrected chi connectivity index (χ2v) is 8.27. The van der Waals surface area contributed by atoms with Crippen LogP contribution in [-0.2, 0) is 11.3 Å². The maximum absolute atomic E-state index is 11.4. The first-order valence-electron chi connectivity index (χ1n) is 11.0. The summed E-state index contributed by atoms with van der Waals surface area (Å²) in [5.74, 6) is 1.87. The van der Waals surface area contributed by atoms with Crippen molar-refractivity contribution in [1.82, 2.24) is 15.6 Å². The Morgan fingerprint density at radius 1 is 1.25 bits per heavy atom. The molecule has 0 radical (unpaired) electrons. The fraction of sp³-hybridized carbons (Fsp3) is 0.458. The highest BCUT2D eigenvalue weighted by atomic mass is 127. The van der Waals surface area contributed by atoms with E-state index in [0.717, 1.165) is 49.8 Å². The summed E-state index contributed by atoms with van der Waals surface area (Å²) >= 11 is 0. The normalized spacial score (nSPS) is 15.6. The second-order valence-electron chi connectivity index (χ2n) is 8.27. The molecule has 174 valence electrons. The Bertz CT molecular complexity index is 911. The van der Waals surface area contributed by atoms with Crippen molar-refractivity contribution in [3.63, 3.8) is 0 Å². The molecule has 1 atom stereocenters. The number of guanidine groups is 1. The molecular weight excluding hydrogens is 515 g/mol. The van der Waals surface area contributed by atoms with Crippen molar-refractivity contribution in [1.29, 1.82) is 0 Å². The molecule has 1 saturated heterocycles. The summed E-state index contributed by atoms with van der Waals surface area (Å²) in [6.45, 7) is 7.33. The van der Waals surface area contributed by atoms with Crippen LogP contribution in [-0.4, -0.2) is 43.5 Å². The smallest absolute Gasteiger partial charge is 0.220 e. The monoisotopic (exact) mass is 550 g/mol. The Morgan fingerprint density at radius 3 is 2.66 bits per heavy atom. The van der Waals surface area contributed by atoms with Crippen LogP contribution in [0.5, 0.6) is 0 Å². The SMILES string of the molecule is CN=C(NCc1cccnc1N1CCC(C(N)=O)CC1)NCC(C)c1cccc(C)c1.I. The average molecular weight is 550 g/mol. The average Bonchev–Trinajstić information content (AvgIpc) is 2.79. The Labute approximate surface area is 208 Å². The van der Waals surface area contributed by atoms with Crippen molar-refractivity contribution in [2.45, 2.75) is 39.2 Å². The van der Waals surface area contributed by atoms with Crippen LogP contribution in [0, 0.1) is 12.8 Å². The summed E-state index contributed by atoms with van der Waals surface area (Å²) in [4.78, 5) is 22.7. The number of hydrogen-bond acceptors (Lipinski definition) is 4. The van der Waals surface area contributed by atoms with Gasteiger partial charge in [0.2, 0.25) is 5.91 Å². The van der Waals surface area contributed by atoms with Gasteiger partial charge in [-0.15, -0.1) is 24.0 Å². The lowest BCUT2D eigenvalue weighted by Gasteiger charge is -2.32. The van der Waals surface area contributed by atoms with Gasteiger partial charge in [-0.1, -0.05) is 42.8 Å². The fourth-order valence-corrected chi connectivity index (χ4v) is 3.97. The van der Waals surface area contributed by atoms with E-state index < -0.39 is 0 Å². The van der Waals surface area contributed by atoms with Gasteiger partial charge in [-0.05, 0) is 37.3 Å². The summed E-state index contributed by atoms with van der Waals surface area (Å²) in [5.41, 5.74) is 9.17. The zero-order valence-corrected chi connectivity index (χ0v) is 21.5. The van der Waals surface area contributed by atoms with Crippen LogP contribution in [0.4, 0.5) is 5.82 Å². The van der Waals surface area contributed by atoms with Crippen LogP contribution in [0.25, 0.3) is 0 Å². The number of amides is 1. The van der Waals surface area contributed by atoms with Gasteiger partial charge in [-0.25, -0.2) is 4.98 Å². The number of aromatic nitrogens is 1. The molecule has 2 aromatic rings. The molecule has 2 heterocycles. The molecular formula is C24H35IN6O. The molecule has 1 unspecified atom stereocenters. The van der Waals surface area contributed by atoms with Gasteiger partial charge < -0.3 is 21.3 Å². The second kappa shape index (κ2) is 12.6. The van der Waals surface area contributed by atoms with Gasteiger partial charge in [0.15, 0.2) is 5.96 Å². The molecule has 32 heavy (non-hydrogen) atoms. The minimum atomic E-state index is -0.197. The molecule has 1 fully saturated rings. The first-order valence-corrected chi connectivity index (χ1v) is 11.0. The number of aliphatic imine (C=N–C) groups is 1. The third-order valence-corrected chi connectivity index (χ3v) is 5.92. The number of nitrogens with two attached hydrogens (primary N) is 1. The summed E-state index contributed by atoms with van der Waals surface area (Å²) in [6.07, 6.45) is 3.37. The van der Waals surface area contributed by atoms with E-state index in [1.165, 1.54) is 11.1 Å². The lowest BCUT2D eigenvalue weighted by molar-refractivity contribution is -0.122. The Balaban J connectivity index is 0.00000363. The van der Waals surface area contributed by atoms with Crippen molar-refractivity contribution in [3.05, 3.63) is 59.3 Å². The third kappa shape index (κ3) is 7.08. The zero-order valence-electron chi connectivity index (χ0n) is 19.2. The number of halogens is 1. The first kappa shape index (κ1) is 25.9. The molecule has 4 N–H and O–H groups in total. The third-order valence-electron chi connectivity index (χ3n) is 5.92.